The molecule has 0 aliphatic rings. The van der Waals surface area contributed by atoms with Crippen molar-refractivity contribution in [1.29, 1.82) is 0 Å². The SMILES string of the molecule is Cc1ccc(N(C)S(=O)(=O)c2cscc2C(F)F)nn1. The van der Waals surface area contributed by atoms with E-state index in [-0.39, 0.29) is 5.82 Å². The van der Waals surface area contributed by atoms with Gasteiger partial charge in [-0.2, -0.15) is 16.4 Å². The summed E-state index contributed by atoms with van der Waals surface area (Å²) in [5, 5.41) is 9.81. The lowest BCUT2D eigenvalue weighted by Gasteiger charge is -2.18. The summed E-state index contributed by atoms with van der Waals surface area (Å²) in [4.78, 5) is -0.401. The van der Waals surface area contributed by atoms with Crippen LogP contribution in [-0.2, 0) is 10.0 Å². The van der Waals surface area contributed by atoms with Crippen LogP contribution in [0.3, 0.4) is 0 Å². The molecule has 5 nitrogen and oxygen atoms in total. The van der Waals surface area contributed by atoms with Crippen LogP contribution >= 0.6 is 11.3 Å². The van der Waals surface area contributed by atoms with Crippen LogP contribution in [0.1, 0.15) is 17.7 Å². The molecule has 0 unspecified atom stereocenters. The van der Waals surface area contributed by atoms with E-state index in [9.17, 15) is 17.2 Å². The Bertz CT molecular complexity index is 699. The molecule has 0 radical (unpaired) electrons. The molecule has 0 fully saturated rings. The van der Waals surface area contributed by atoms with Gasteiger partial charge in [-0.25, -0.2) is 17.2 Å². The van der Waals surface area contributed by atoms with Gasteiger partial charge in [0.1, 0.15) is 4.90 Å². The predicted molar refractivity (Wildman–Crippen MR) is 71.6 cm³/mol. The number of alkyl halides is 2. The Labute approximate surface area is 118 Å². The maximum absolute atomic E-state index is 12.8. The van der Waals surface area contributed by atoms with Crippen molar-refractivity contribution < 1.29 is 17.2 Å². The molecule has 0 aliphatic carbocycles. The van der Waals surface area contributed by atoms with Crippen molar-refractivity contribution in [2.75, 3.05) is 11.4 Å². The molecule has 2 aromatic rings. The average molecular weight is 319 g/mol. The molecule has 0 saturated heterocycles. The first kappa shape index (κ1) is 14.8. The molecule has 0 spiro atoms. The molecular weight excluding hydrogens is 308 g/mol. The monoisotopic (exact) mass is 319 g/mol. The molecule has 2 heterocycles. The van der Waals surface area contributed by atoms with E-state index in [4.69, 9.17) is 0 Å². The van der Waals surface area contributed by atoms with Crippen molar-refractivity contribution in [2.24, 2.45) is 0 Å². The normalized spacial score (nSPS) is 11.8. The minimum absolute atomic E-state index is 0.0713. The second-order valence-corrected chi connectivity index (χ2v) is 6.68. The van der Waals surface area contributed by atoms with Gasteiger partial charge in [0.15, 0.2) is 5.82 Å². The van der Waals surface area contributed by atoms with Gasteiger partial charge in [0, 0.05) is 23.4 Å². The largest absolute Gasteiger partial charge is 0.266 e. The number of sulfonamides is 1. The number of nitrogens with zero attached hydrogens (tertiary/aromatic N) is 3. The van der Waals surface area contributed by atoms with E-state index in [0.29, 0.717) is 5.69 Å². The second kappa shape index (κ2) is 5.41. The summed E-state index contributed by atoms with van der Waals surface area (Å²) in [6.07, 6.45) is -2.84. The molecule has 0 amide bonds. The van der Waals surface area contributed by atoms with Crippen molar-refractivity contribution in [3.63, 3.8) is 0 Å². The first-order valence-electron chi connectivity index (χ1n) is 5.47. The molecule has 0 atom stereocenters. The number of aryl methyl sites for hydroxylation is 1. The lowest BCUT2D eigenvalue weighted by Crippen LogP contribution is -2.28. The summed E-state index contributed by atoms with van der Waals surface area (Å²) in [7, 11) is -2.82. The minimum atomic E-state index is -4.08. The lowest BCUT2D eigenvalue weighted by atomic mass is 10.4. The number of thiophene rings is 1. The van der Waals surface area contributed by atoms with Crippen molar-refractivity contribution >= 4 is 27.2 Å². The fourth-order valence-corrected chi connectivity index (χ4v) is 4.01. The van der Waals surface area contributed by atoms with Crippen LogP contribution in [0.25, 0.3) is 0 Å². The molecule has 20 heavy (non-hydrogen) atoms. The average Bonchev–Trinajstić information content (AvgIpc) is 2.89. The highest BCUT2D eigenvalue weighted by Crippen LogP contribution is 2.32. The number of halogens is 2. The smallest absolute Gasteiger partial charge is 0.251 e. The van der Waals surface area contributed by atoms with Crippen LogP contribution in [0.5, 0.6) is 0 Å². The van der Waals surface area contributed by atoms with Crippen molar-refractivity contribution in [2.45, 2.75) is 18.2 Å². The summed E-state index contributed by atoms with van der Waals surface area (Å²) >= 11 is 0.915. The van der Waals surface area contributed by atoms with E-state index in [1.54, 1.807) is 13.0 Å². The number of aromatic nitrogens is 2. The van der Waals surface area contributed by atoms with Gasteiger partial charge < -0.3 is 0 Å². The summed E-state index contributed by atoms with van der Waals surface area (Å²) in [6.45, 7) is 1.71. The highest BCUT2D eigenvalue weighted by atomic mass is 32.2. The van der Waals surface area contributed by atoms with Gasteiger partial charge in [-0.15, -0.1) is 5.10 Å². The van der Waals surface area contributed by atoms with Crippen molar-refractivity contribution in [3.8, 4) is 0 Å². The number of rotatable bonds is 4. The van der Waals surface area contributed by atoms with Gasteiger partial charge in [-0.1, -0.05) is 0 Å². The Morgan fingerprint density at radius 1 is 1.25 bits per heavy atom. The molecule has 9 heteroatoms. The first-order valence-corrected chi connectivity index (χ1v) is 7.86. The Balaban J connectivity index is 2.44. The molecule has 2 aromatic heterocycles. The van der Waals surface area contributed by atoms with Gasteiger partial charge in [0.25, 0.3) is 16.4 Å². The number of hydrogen-bond donors (Lipinski definition) is 0. The quantitative estimate of drug-likeness (QED) is 0.869. The standard InChI is InChI=1S/C11H11F2N3O2S2/c1-7-3-4-10(15-14-7)16(2)20(17,18)9-6-19-5-8(9)11(12)13/h3-6,11H,1-2H3. The van der Waals surface area contributed by atoms with Gasteiger partial charge in [-0.3, -0.25) is 4.31 Å². The molecule has 0 bridgehead atoms. The molecule has 0 aromatic carbocycles. The highest BCUT2D eigenvalue weighted by molar-refractivity contribution is 7.93. The lowest BCUT2D eigenvalue weighted by molar-refractivity contribution is 0.148. The molecule has 2 rings (SSSR count). The maximum atomic E-state index is 12.8. The van der Waals surface area contributed by atoms with Crippen molar-refractivity contribution in [3.05, 3.63) is 34.2 Å². The third-order valence-electron chi connectivity index (χ3n) is 2.63. The zero-order chi connectivity index (χ0) is 14.9. The topological polar surface area (TPSA) is 63.2 Å². The van der Waals surface area contributed by atoms with Gasteiger partial charge in [-0.05, 0) is 19.1 Å². The fourth-order valence-electron chi connectivity index (χ4n) is 1.49. The second-order valence-electron chi connectivity index (χ2n) is 4.00. The van der Waals surface area contributed by atoms with Crippen LogP contribution in [0.2, 0.25) is 0 Å². The van der Waals surface area contributed by atoms with E-state index < -0.39 is 26.9 Å². The predicted octanol–water partition coefficient (Wildman–Crippen LogP) is 2.61. The molecule has 0 aliphatic heterocycles. The Hall–Kier alpha value is -1.61. The fraction of sp³-hybridized carbons (Fsp3) is 0.273. The third kappa shape index (κ3) is 2.63. The van der Waals surface area contributed by atoms with E-state index in [1.165, 1.54) is 18.5 Å². The van der Waals surface area contributed by atoms with E-state index >= 15 is 0 Å². The van der Waals surface area contributed by atoms with Gasteiger partial charge >= 0.3 is 0 Å². The van der Waals surface area contributed by atoms with Gasteiger partial charge in [0.05, 0.1) is 5.69 Å². The van der Waals surface area contributed by atoms with Crippen LogP contribution in [0.4, 0.5) is 14.6 Å². The summed E-state index contributed by atoms with van der Waals surface area (Å²) < 4.78 is 51.1. The van der Waals surface area contributed by atoms with E-state index in [1.807, 2.05) is 0 Å². The molecule has 0 N–H and O–H groups in total. The summed E-state index contributed by atoms with van der Waals surface area (Å²) in [6, 6.07) is 3.06. The first-order chi connectivity index (χ1) is 9.34. The zero-order valence-electron chi connectivity index (χ0n) is 10.6. The Morgan fingerprint density at radius 2 is 1.95 bits per heavy atom. The van der Waals surface area contributed by atoms with Crippen LogP contribution in [-0.4, -0.2) is 25.7 Å². The highest BCUT2D eigenvalue weighted by Gasteiger charge is 2.29. The van der Waals surface area contributed by atoms with Crippen molar-refractivity contribution in [1.82, 2.24) is 10.2 Å². The molecule has 108 valence electrons. The third-order valence-corrected chi connectivity index (χ3v) is 5.36. The van der Waals surface area contributed by atoms with Gasteiger partial charge in [0.2, 0.25) is 0 Å². The Morgan fingerprint density at radius 3 is 2.50 bits per heavy atom. The van der Waals surface area contributed by atoms with Crippen LogP contribution in [0, 0.1) is 6.92 Å². The molecular formula is C11H11F2N3O2S2. The summed E-state index contributed by atoms with van der Waals surface area (Å²) in [5.74, 6) is 0.0713. The van der Waals surface area contributed by atoms with E-state index in [0.717, 1.165) is 21.0 Å². The summed E-state index contributed by atoms with van der Waals surface area (Å²) in [5.41, 5.74) is 0.130. The number of anilines is 1. The Kier molecular flexibility index (Phi) is 4.00. The minimum Gasteiger partial charge on any atom is -0.251 e. The van der Waals surface area contributed by atoms with Crippen LogP contribution < -0.4 is 4.31 Å². The molecule has 0 saturated carbocycles. The maximum Gasteiger partial charge on any atom is 0.266 e. The number of hydrogen-bond acceptors (Lipinski definition) is 5. The zero-order valence-corrected chi connectivity index (χ0v) is 12.3. The van der Waals surface area contributed by atoms with Crippen LogP contribution in [0.15, 0.2) is 27.8 Å². The van der Waals surface area contributed by atoms with E-state index in [2.05, 4.69) is 10.2 Å².